The maximum absolute atomic E-state index is 13.3. The van der Waals surface area contributed by atoms with Gasteiger partial charge in [0.15, 0.2) is 0 Å². The summed E-state index contributed by atoms with van der Waals surface area (Å²) in [7, 11) is 0. The van der Waals surface area contributed by atoms with Crippen molar-refractivity contribution in [3.05, 3.63) is 53.5 Å². The van der Waals surface area contributed by atoms with E-state index in [0.29, 0.717) is 24.6 Å². The van der Waals surface area contributed by atoms with Crippen LogP contribution in [0.25, 0.3) is 0 Å². The number of rotatable bonds is 5. The van der Waals surface area contributed by atoms with E-state index in [9.17, 15) is 9.18 Å². The van der Waals surface area contributed by atoms with Gasteiger partial charge in [0.25, 0.3) is 0 Å². The average molecular weight is 357 g/mol. The van der Waals surface area contributed by atoms with E-state index in [2.05, 4.69) is 9.88 Å². The van der Waals surface area contributed by atoms with E-state index in [0.717, 1.165) is 38.0 Å². The molecule has 0 saturated carbocycles. The number of hydrogen-bond acceptors (Lipinski definition) is 4. The Morgan fingerprint density at radius 1 is 1.23 bits per heavy atom. The lowest BCUT2D eigenvalue weighted by molar-refractivity contribution is -0.133. The number of hydrogen-bond donors (Lipinski definition) is 0. The van der Waals surface area contributed by atoms with Crippen molar-refractivity contribution >= 4 is 5.91 Å². The molecule has 3 heterocycles. The number of oxazole rings is 1. The lowest BCUT2D eigenvalue weighted by Crippen LogP contribution is -2.39. The summed E-state index contributed by atoms with van der Waals surface area (Å²) < 4.78 is 19.3. The van der Waals surface area contributed by atoms with Crippen LogP contribution in [0.1, 0.15) is 48.9 Å². The van der Waals surface area contributed by atoms with Crippen LogP contribution in [0.2, 0.25) is 0 Å². The largest absolute Gasteiger partial charge is 0.443 e. The fraction of sp³-hybridized carbons (Fsp3) is 0.500. The molecular weight excluding hydrogens is 333 g/mol. The van der Waals surface area contributed by atoms with E-state index in [4.69, 9.17) is 4.42 Å². The van der Waals surface area contributed by atoms with E-state index >= 15 is 0 Å². The van der Waals surface area contributed by atoms with Gasteiger partial charge in [-0.2, -0.15) is 0 Å². The number of carbonyl (C=O) groups is 1. The summed E-state index contributed by atoms with van der Waals surface area (Å²) in [5, 5.41) is 0. The summed E-state index contributed by atoms with van der Waals surface area (Å²) in [6.07, 6.45) is 6.41. The fourth-order valence-corrected chi connectivity index (χ4v) is 3.95. The Bertz CT molecular complexity index is 770. The van der Waals surface area contributed by atoms with E-state index in [1.807, 2.05) is 11.0 Å². The molecule has 0 unspecified atom stereocenters. The molecule has 0 N–H and O–H groups in total. The maximum atomic E-state index is 13.3. The minimum atomic E-state index is -0.253. The third-order valence-corrected chi connectivity index (χ3v) is 5.25. The lowest BCUT2D eigenvalue weighted by atomic mass is 10.1. The summed E-state index contributed by atoms with van der Waals surface area (Å²) in [5.41, 5.74) is 0.848. The molecule has 2 aliphatic heterocycles. The minimum Gasteiger partial charge on any atom is -0.443 e. The highest BCUT2D eigenvalue weighted by molar-refractivity contribution is 5.79. The van der Waals surface area contributed by atoms with Crippen molar-refractivity contribution in [2.75, 3.05) is 26.2 Å². The van der Waals surface area contributed by atoms with Gasteiger partial charge < -0.3 is 9.32 Å². The molecule has 5 nitrogen and oxygen atoms in total. The highest BCUT2D eigenvalue weighted by atomic mass is 19.1. The van der Waals surface area contributed by atoms with Crippen LogP contribution in [-0.4, -0.2) is 46.9 Å². The zero-order chi connectivity index (χ0) is 17.9. The molecule has 2 saturated heterocycles. The predicted molar refractivity (Wildman–Crippen MR) is 95.1 cm³/mol. The van der Waals surface area contributed by atoms with Gasteiger partial charge in [0.1, 0.15) is 17.6 Å². The summed E-state index contributed by atoms with van der Waals surface area (Å²) >= 11 is 0. The van der Waals surface area contributed by atoms with Gasteiger partial charge >= 0.3 is 0 Å². The van der Waals surface area contributed by atoms with Crippen molar-refractivity contribution in [2.24, 2.45) is 0 Å². The van der Waals surface area contributed by atoms with Gasteiger partial charge in [-0.25, -0.2) is 9.37 Å². The molecule has 1 aromatic heterocycles. The monoisotopic (exact) mass is 357 g/mol. The zero-order valence-corrected chi connectivity index (χ0v) is 14.9. The highest BCUT2D eigenvalue weighted by Crippen LogP contribution is 2.32. The molecule has 0 spiro atoms. The number of likely N-dealkylation sites (tertiary alicyclic amines) is 2. The molecule has 26 heavy (non-hydrogen) atoms. The molecule has 1 amide bonds. The van der Waals surface area contributed by atoms with E-state index < -0.39 is 0 Å². The van der Waals surface area contributed by atoms with Crippen LogP contribution < -0.4 is 0 Å². The van der Waals surface area contributed by atoms with Gasteiger partial charge in [0, 0.05) is 13.0 Å². The topological polar surface area (TPSA) is 49.6 Å². The van der Waals surface area contributed by atoms with Crippen molar-refractivity contribution in [2.45, 2.75) is 38.1 Å². The van der Waals surface area contributed by atoms with Crippen molar-refractivity contribution in [3.63, 3.8) is 0 Å². The summed E-state index contributed by atoms with van der Waals surface area (Å²) in [4.78, 5) is 21.2. The first-order valence-corrected chi connectivity index (χ1v) is 9.40. The number of benzene rings is 1. The Morgan fingerprint density at radius 2 is 2.08 bits per heavy atom. The van der Waals surface area contributed by atoms with Crippen LogP contribution in [0.5, 0.6) is 0 Å². The molecule has 1 atom stereocenters. The van der Waals surface area contributed by atoms with Crippen molar-refractivity contribution in [3.8, 4) is 0 Å². The first-order valence-electron chi connectivity index (χ1n) is 9.40. The van der Waals surface area contributed by atoms with Gasteiger partial charge in [-0.05, 0) is 56.5 Å². The van der Waals surface area contributed by atoms with Gasteiger partial charge in [0.05, 0.1) is 12.7 Å². The van der Waals surface area contributed by atoms with Crippen LogP contribution in [0.15, 0.2) is 34.9 Å². The average Bonchev–Trinajstić information content (AvgIpc) is 3.36. The first-order chi connectivity index (χ1) is 12.7. The maximum Gasteiger partial charge on any atom is 0.237 e. The second-order valence-electron chi connectivity index (χ2n) is 7.20. The molecule has 1 aromatic carbocycles. The molecule has 0 bridgehead atoms. The Balaban J connectivity index is 1.43. The minimum absolute atomic E-state index is 0.0774. The number of aromatic nitrogens is 1. The normalized spacial score (nSPS) is 20.8. The molecule has 0 aliphatic carbocycles. The summed E-state index contributed by atoms with van der Waals surface area (Å²) in [6, 6.07) is 6.41. The molecule has 4 rings (SSSR count). The molecule has 138 valence electrons. The van der Waals surface area contributed by atoms with Crippen LogP contribution >= 0.6 is 0 Å². The van der Waals surface area contributed by atoms with Gasteiger partial charge in [-0.15, -0.1) is 0 Å². The molecule has 2 aliphatic rings. The zero-order valence-electron chi connectivity index (χ0n) is 14.9. The standard InChI is InChI=1S/C20H24FN3O2/c21-16-6-3-5-15(11-16)12-17-13-22-20(26-17)18-7-4-10-24(18)19(25)14-23-8-1-2-9-23/h3,5-6,11,13,18H,1-2,4,7-10,12,14H2/t18-/m0/s1. The molecule has 2 aromatic rings. The Kier molecular flexibility index (Phi) is 5.02. The van der Waals surface area contributed by atoms with Gasteiger partial charge in [-0.1, -0.05) is 12.1 Å². The number of amides is 1. The SMILES string of the molecule is O=C(CN1CCCC1)N1CCC[C@H]1c1ncc(Cc2cccc(F)c2)o1. The smallest absolute Gasteiger partial charge is 0.237 e. The number of nitrogens with zero attached hydrogens (tertiary/aromatic N) is 3. The second-order valence-corrected chi connectivity index (χ2v) is 7.20. The lowest BCUT2D eigenvalue weighted by Gasteiger charge is -2.25. The Labute approximate surface area is 152 Å². The third kappa shape index (κ3) is 3.80. The number of halogens is 1. The van der Waals surface area contributed by atoms with Crippen LogP contribution in [0.3, 0.4) is 0 Å². The Morgan fingerprint density at radius 3 is 2.88 bits per heavy atom. The van der Waals surface area contributed by atoms with Crippen LogP contribution in [0, 0.1) is 5.82 Å². The summed E-state index contributed by atoms with van der Waals surface area (Å²) in [6.45, 7) is 3.29. The van der Waals surface area contributed by atoms with Gasteiger partial charge in [0.2, 0.25) is 11.8 Å². The number of carbonyl (C=O) groups excluding carboxylic acids is 1. The molecule has 2 fully saturated rings. The third-order valence-electron chi connectivity index (χ3n) is 5.25. The van der Waals surface area contributed by atoms with Crippen molar-refractivity contribution in [1.29, 1.82) is 0 Å². The van der Waals surface area contributed by atoms with Crippen molar-refractivity contribution < 1.29 is 13.6 Å². The van der Waals surface area contributed by atoms with E-state index in [1.54, 1.807) is 12.3 Å². The molecular formula is C20H24FN3O2. The molecule has 0 radical (unpaired) electrons. The highest BCUT2D eigenvalue weighted by Gasteiger charge is 2.34. The van der Waals surface area contributed by atoms with Gasteiger partial charge in [-0.3, -0.25) is 9.69 Å². The van der Waals surface area contributed by atoms with Crippen LogP contribution in [-0.2, 0) is 11.2 Å². The molecule has 6 heteroatoms. The van der Waals surface area contributed by atoms with E-state index in [-0.39, 0.29) is 17.8 Å². The quantitative estimate of drug-likeness (QED) is 0.825. The fourth-order valence-electron chi connectivity index (χ4n) is 3.95. The predicted octanol–water partition coefficient (Wildman–Crippen LogP) is 3.16. The first kappa shape index (κ1) is 17.2. The Hall–Kier alpha value is -2.21. The summed E-state index contributed by atoms with van der Waals surface area (Å²) in [5.74, 6) is 1.21. The van der Waals surface area contributed by atoms with E-state index in [1.165, 1.54) is 25.0 Å². The second kappa shape index (κ2) is 7.58. The van der Waals surface area contributed by atoms with Crippen LogP contribution in [0.4, 0.5) is 4.39 Å². The van der Waals surface area contributed by atoms with Crippen molar-refractivity contribution in [1.82, 2.24) is 14.8 Å².